The molecule has 0 bridgehead atoms. The zero-order chi connectivity index (χ0) is 10.6. The van der Waals surface area contributed by atoms with Crippen molar-refractivity contribution in [3.05, 3.63) is 29.1 Å². The van der Waals surface area contributed by atoms with Crippen molar-refractivity contribution in [1.82, 2.24) is 4.98 Å². The smallest absolute Gasteiger partial charge is 0.144 e. The second-order valence-corrected chi connectivity index (χ2v) is 3.15. The van der Waals surface area contributed by atoms with Gasteiger partial charge in [-0.2, -0.15) is 0 Å². The van der Waals surface area contributed by atoms with Crippen molar-refractivity contribution in [2.45, 2.75) is 13.5 Å². The standard InChI is InChI=1S/C10H12ClNO2/c1-7-10(14)9(3-2-4-11)8(6-13)5-12-7/h2-3,5,13-14H,4,6H2,1H3. The first kappa shape index (κ1) is 11.0. The molecule has 3 nitrogen and oxygen atoms in total. The van der Waals surface area contributed by atoms with Crippen LogP contribution < -0.4 is 0 Å². The van der Waals surface area contributed by atoms with E-state index < -0.39 is 0 Å². The number of rotatable bonds is 3. The molecular weight excluding hydrogens is 202 g/mol. The molecule has 0 unspecified atom stereocenters. The number of halogens is 1. The van der Waals surface area contributed by atoms with E-state index in [0.717, 1.165) is 0 Å². The minimum atomic E-state index is -0.150. The summed E-state index contributed by atoms with van der Waals surface area (Å²) < 4.78 is 0. The van der Waals surface area contributed by atoms with Gasteiger partial charge in [-0.3, -0.25) is 4.98 Å². The molecule has 0 aliphatic rings. The largest absolute Gasteiger partial charge is 0.505 e. The third-order valence-corrected chi connectivity index (χ3v) is 2.08. The van der Waals surface area contributed by atoms with E-state index in [4.69, 9.17) is 16.7 Å². The monoisotopic (exact) mass is 213 g/mol. The van der Waals surface area contributed by atoms with E-state index in [-0.39, 0.29) is 12.4 Å². The number of aromatic hydroxyl groups is 1. The quantitative estimate of drug-likeness (QED) is 0.754. The summed E-state index contributed by atoms with van der Waals surface area (Å²) in [7, 11) is 0. The summed E-state index contributed by atoms with van der Waals surface area (Å²) >= 11 is 5.49. The molecule has 1 heterocycles. The van der Waals surface area contributed by atoms with Gasteiger partial charge in [0.05, 0.1) is 12.3 Å². The van der Waals surface area contributed by atoms with Crippen LogP contribution in [0.25, 0.3) is 6.08 Å². The average molecular weight is 214 g/mol. The number of nitrogens with zero attached hydrogens (tertiary/aromatic N) is 1. The van der Waals surface area contributed by atoms with Crippen LogP contribution >= 0.6 is 11.6 Å². The van der Waals surface area contributed by atoms with Crippen molar-refractivity contribution >= 4 is 17.7 Å². The van der Waals surface area contributed by atoms with Crippen molar-refractivity contribution in [1.29, 1.82) is 0 Å². The van der Waals surface area contributed by atoms with Crippen molar-refractivity contribution < 1.29 is 10.2 Å². The number of hydrogen-bond donors (Lipinski definition) is 2. The number of hydrogen-bond acceptors (Lipinski definition) is 3. The number of aliphatic hydroxyl groups excluding tert-OH is 1. The molecule has 1 aromatic heterocycles. The molecular formula is C10H12ClNO2. The Kier molecular flexibility index (Phi) is 3.92. The number of aromatic nitrogens is 1. The molecule has 0 fully saturated rings. The Hall–Kier alpha value is -1.06. The molecule has 0 aromatic carbocycles. The van der Waals surface area contributed by atoms with E-state index in [1.807, 2.05) is 0 Å². The Morgan fingerprint density at radius 1 is 1.57 bits per heavy atom. The zero-order valence-corrected chi connectivity index (χ0v) is 8.62. The number of alkyl halides is 1. The van der Waals surface area contributed by atoms with E-state index in [1.165, 1.54) is 0 Å². The maximum Gasteiger partial charge on any atom is 0.144 e. The average Bonchev–Trinajstić information content (AvgIpc) is 2.20. The lowest BCUT2D eigenvalue weighted by atomic mass is 10.1. The fourth-order valence-corrected chi connectivity index (χ4v) is 1.22. The fourth-order valence-electron chi connectivity index (χ4n) is 1.13. The lowest BCUT2D eigenvalue weighted by molar-refractivity contribution is 0.280. The summed E-state index contributed by atoms with van der Waals surface area (Å²) in [6.07, 6.45) is 4.93. The molecule has 1 aromatic rings. The van der Waals surface area contributed by atoms with E-state index in [9.17, 15) is 5.11 Å². The van der Waals surface area contributed by atoms with Crippen LogP contribution in [0.2, 0.25) is 0 Å². The molecule has 14 heavy (non-hydrogen) atoms. The van der Waals surface area contributed by atoms with Crippen LogP contribution in [0.3, 0.4) is 0 Å². The van der Waals surface area contributed by atoms with Gasteiger partial charge in [-0.05, 0) is 6.92 Å². The van der Waals surface area contributed by atoms with Crippen LogP contribution in [0.15, 0.2) is 12.3 Å². The Morgan fingerprint density at radius 3 is 2.86 bits per heavy atom. The third-order valence-electron chi connectivity index (χ3n) is 1.90. The molecule has 76 valence electrons. The van der Waals surface area contributed by atoms with Gasteiger partial charge in [-0.1, -0.05) is 12.2 Å². The van der Waals surface area contributed by atoms with Crippen LogP contribution in [0.4, 0.5) is 0 Å². The van der Waals surface area contributed by atoms with Gasteiger partial charge in [-0.25, -0.2) is 0 Å². The van der Waals surface area contributed by atoms with Gasteiger partial charge in [-0.15, -0.1) is 11.6 Å². The second-order valence-electron chi connectivity index (χ2n) is 2.85. The number of aliphatic hydroxyl groups is 1. The minimum absolute atomic E-state index is 0.0953. The Morgan fingerprint density at radius 2 is 2.29 bits per heavy atom. The molecule has 0 amide bonds. The highest BCUT2D eigenvalue weighted by Crippen LogP contribution is 2.25. The summed E-state index contributed by atoms with van der Waals surface area (Å²) in [6.45, 7) is 1.55. The summed E-state index contributed by atoms with van der Waals surface area (Å²) in [5.74, 6) is 0.462. The van der Waals surface area contributed by atoms with Crippen LogP contribution in [0, 0.1) is 6.92 Å². The highest BCUT2D eigenvalue weighted by Gasteiger charge is 2.07. The number of pyridine rings is 1. The van der Waals surface area contributed by atoms with Gasteiger partial charge in [0.2, 0.25) is 0 Å². The number of allylic oxidation sites excluding steroid dienone is 1. The topological polar surface area (TPSA) is 53.4 Å². The molecule has 1 rings (SSSR count). The molecule has 0 saturated heterocycles. The molecule has 4 heteroatoms. The van der Waals surface area contributed by atoms with Crippen molar-refractivity contribution in [2.24, 2.45) is 0 Å². The van der Waals surface area contributed by atoms with E-state index in [0.29, 0.717) is 22.7 Å². The van der Waals surface area contributed by atoms with Crippen LogP contribution in [0.5, 0.6) is 5.75 Å². The molecule has 0 aliphatic heterocycles. The minimum Gasteiger partial charge on any atom is -0.505 e. The van der Waals surface area contributed by atoms with Crippen molar-refractivity contribution in [3.8, 4) is 5.75 Å². The first-order valence-electron chi connectivity index (χ1n) is 4.21. The zero-order valence-electron chi connectivity index (χ0n) is 7.87. The highest BCUT2D eigenvalue weighted by molar-refractivity contribution is 6.19. The third kappa shape index (κ3) is 2.25. The predicted octanol–water partition coefficient (Wildman–Crippen LogP) is 1.84. The summed E-state index contributed by atoms with van der Waals surface area (Å²) in [5.41, 5.74) is 1.71. The molecule has 0 atom stereocenters. The lowest BCUT2D eigenvalue weighted by Crippen LogP contribution is -1.94. The van der Waals surface area contributed by atoms with Gasteiger partial charge < -0.3 is 10.2 Å². The van der Waals surface area contributed by atoms with Gasteiger partial charge in [0.1, 0.15) is 5.75 Å². The Bertz CT molecular complexity index is 350. The molecule has 0 aliphatic carbocycles. The normalized spacial score (nSPS) is 11.1. The molecule has 0 spiro atoms. The first-order valence-corrected chi connectivity index (χ1v) is 4.75. The van der Waals surface area contributed by atoms with Crippen LogP contribution in [0.1, 0.15) is 16.8 Å². The SMILES string of the molecule is Cc1ncc(CO)c(C=CCCl)c1O. The number of aryl methyl sites for hydroxylation is 1. The van der Waals surface area contributed by atoms with E-state index in [2.05, 4.69) is 4.98 Å². The van der Waals surface area contributed by atoms with Crippen LogP contribution in [-0.4, -0.2) is 21.1 Å². The maximum atomic E-state index is 9.67. The van der Waals surface area contributed by atoms with Gasteiger partial charge in [0.15, 0.2) is 0 Å². The summed E-state index contributed by atoms with van der Waals surface area (Å²) in [4.78, 5) is 3.94. The van der Waals surface area contributed by atoms with Gasteiger partial charge in [0, 0.05) is 23.2 Å². The summed E-state index contributed by atoms with van der Waals surface area (Å²) in [6, 6.07) is 0. The van der Waals surface area contributed by atoms with Crippen molar-refractivity contribution in [2.75, 3.05) is 5.88 Å². The molecule has 0 radical (unpaired) electrons. The lowest BCUT2D eigenvalue weighted by Gasteiger charge is -2.06. The van der Waals surface area contributed by atoms with Gasteiger partial charge >= 0.3 is 0 Å². The Balaban J connectivity index is 3.21. The Labute approximate surface area is 87.7 Å². The molecule has 2 N–H and O–H groups in total. The highest BCUT2D eigenvalue weighted by atomic mass is 35.5. The first-order chi connectivity index (χ1) is 6.70. The molecule has 0 saturated carbocycles. The van der Waals surface area contributed by atoms with E-state index in [1.54, 1.807) is 25.3 Å². The second kappa shape index (κ2) is 4.98. The van der Waals surface area contributed by atoms with Crippen molar-refractivity contribution in [3.63, 3.8) is 0 Å². The fraction of sp³-hybridized carbons (Fsp3) is 0.300. The maximum absolute atomic E-state index is 9.67. The van der Waals surface area contributed by atoms with E-state index >= 15 is 0 Å². The van der Waals surface area contributed by atoms with Gasteiger partial charge in [0.25, 0.3) is 0 Å². The predicted molar refractivity (Wildman–Crippen MR) is 56.3 cm³/mol. The summed E-state index contributed by atoms with van der Waals surface area (Å²) in [5, 5.41) is 18.7. The van der Waals surface area contributed by atoms with Crippen LogP contribution in [-0.2, 0) is 6.61 Å².